The molecule has 7 heteroatoms. The van der Waals surface area contributed by atoms with Gasteiger partial charge >= 0.3 is 5.97 Å². The van der Waals surface area contributed by atoms with E-state index in [9.17, 15) is 9.59 Å². The Hall–Kier alpha value is -2.70. The minimum absolute atomic E-state index is 0.0301. The number of carbonyl (C=O) groups is 2. The maximum atomic E-state index is 11.8. The largest absolute Gasteiger partial charge is 0.481 e. The van der Waals surface area contributed by atoms with Crippen LogP contribution in [0.1, 0.15) is 28.5 Å². The number of benzene rings is 1. The average molecular weight is 275 g/mol. The molecule has 1 aromatic heterocycles. The van der Waals surface area contributed by atoms with Gasteiger partial charge in [0.1, 0.15) is 0 Å². The number of hydrogen-bond donors (Lipinski definition) is 2. The summed E-state index contributed by atoms with van der Waals surface area (Å²) in [5, 5.41) is 14.7. The molecule has 0 unspecified atom stereocenters. The standard InChI is InChI=1S/C13H13N3O4/c1-8-14-12(16-20-8)13(19)15-10-5-2-9(3-6-10)4-7-11(17)18/h2-3,5-6H,4,7H2,1H3,(H,15,19)(H,17,18). The molecule has 1 amide bonds. The van der Waals surface area contributed by atoms with Crippen LogP contribution in [0.2, 0.25) is 0 Å². The summed E-state index contributed by atoms with van der Waals surface area (Å²) < 4.78 is 4.72. The number of aliphatic carboxylic acids is 1. The van der Waals surface area contributed by atoms with Gasteiger partial charge in [0.15, 0.2) is 0 Å². The molecule has 1 aromatic carbocycles. The first-order valence-corrected chi connectivity index (χ1v) is 5.97. The van der Waals surface area contributed by atoms with Crippen LogP contribution in [-0.2, 0) is 11.2 Å². The third kappa shape index (κ3) is 3.64. The SMILES string of the molecule is Cc1nc(C(=O)Nc2ccc(CCC(=O)O)cc2)no1. The van der Waals surface area contributed by atoms with Gasteiger partial charge in [-0.15, -0.1) is 0 Å². The van der Waals surface area contributed by atoms with Gasteiger partial charge in [0.25, 0.3) is 11.7 Å². The number of nitrogens with zero attached hydrogens (tertiary/aromatic N) is 2. The van der Waals surface area contributed by atoms with Crippen LogP contribution < -0.4 is 5.32 Å². The minimum atomic E-state index is -0.838. The monoisotopic (exact) mass is 275 g/mol. The lowest BCUT2D eigenvalue weighted by Crippen LogP contribution is -2.13. The maximum Gasteiger partial charge on any atom is 0.303 e. The number of nitrogens with one attached hydrogen (secondary N) is 1. The van der Waals surface area contributed by atoms with Gasteiger partial charge in [-0.25, -0.2) is 0 Å². The molecule has 2 aromatic rings. The van der Waals surface area contributed by atoms with Crippen LogP contribution in [0, 0.1) is 6.92 Å². The number of hydrogen-bond acceptors (Lipinski definition) is 5. The number of aryl methyl sites for hydroxylation is 2. The molecule has 0 spiro atoms. The molecule has 0 saturated heterocycles. The number of carboxylic acids is 1. The molecular formula is C13H13N3O4. The lowest BCUT2D eigenvalue weighted by molar-refractivity contribution is -0.136. The average Bonchev–Trinajstić information content (AvgIpc) is 2.85. The van der Waals surface area contributed by atoms with Crippen molar-refractivity contribution in [3.05, 3.63) is 41.5 Å². The molecule has 0 saturated carbocycles. The van der Waals surface area contributed by atoms with Crippen LogP contribution in [0.5, 0.6) is 0 Å². The van der Waals surface area contributed by atoms with Crippen molar-refractivity contribution in [2.75, 3.05) is 5.32 Å². The van der Waals surface area contributed by atoms with Gasteiger partial charge in [-0.1, -0.05) is 17.3 Å². The summed E-state index contributed by atoms with van der Waals surface area (Å²) in [7, 11) is 0. The van der Waals surface area contributed by atoms with E-state index in [0.717, 1.165) is 5.56 Å². The van der Waals surface area contributed by atoms with Gasteiger partial charge in [-0.3, -0.25) is 9.59 Å². The molecule has 0 radical (unpaired) electrons. The molecule has 7 nitrogen and oxygen atoms in total. The molecule has 0 atom stereocenters. The quantitative estimate of drug-likeness (QED) is 0.859. The molecule has 0 aliphatic carbocycles. The Balaban J connectivity index is 1.96. The zero-order chi connectivity index (χ0) is 14.5. The maximum absolute atomic E-state index is 11.8. The van der Waals surface area contributed by atoms with Gasteiger partial charge in [0, 0.05) is 19.0 Å². The van der Waals surface area contributed by atoms with Gasteiger partial charge < -0.3 is 14.9 Å². The van der Waals surface area contributed by atoms with Crippen molar-refractivity contribution in [1.82, 2.24) is 10.1 Å². The van der Waals surface area contributed by atoms with E-state index in [2.05, 4.69) is 15.5 Å². The number of amides is 1. The number of carbonyl (C=O) groups excluding carboxylic acids is 1. The van der Waals surface area contributed by atoms with Crippen molar-refractivity contribution in [1.29, 1.82) is 0 Å². The first-order valence-electron chi connectivity index (χ1n) is 5.97. The first kappa shape index (κ1) is 13.7. The molecule has 2 rings (SSSR count). The highest BCUT2D eigenvalue weighted by Gasteiger charge is 2.12. The third-order valence-corrected chi connectivity index (χ3v) is 2.57. The number of anilines is 1. The van der Waals surface area contributed by atoms with E-state index in [1.807, 2.05) is 0 Å². The minimum Gasteiger partial charge on any atom is -0.481 e. The molecular weight excluding hydrogens is 262 g/mol. The van der Waals surface area contributed by atoms with Crippen LogP contribution in [0.3, 0.4) is 0 Å². The molecule has 0 aliphatic heterocycles. The van der Waals surface area contributed by atoms with Gasteiger partial charge in [-0.05, 0) is 24.1 Å². The third-order valence-electron chi connectivity index (χ3n) is 2.57. The van der Waals surface area contributed by atoms with E-state index in [0.29, 0.717) is 18.0 Å². The summed E-state index contributed by atoms with van der Waals surface area (Å²) >= 11 is 0. The highest BCUT2D eigenvalue weighted by molar-refractivity contribution is 6.01. The fraction of sp³-hybridized carbons (Fsp3) is 0.231. The Morgan fingerprint density at radius 1 is 1.30 bits per heavy atom. The Bertz CT molecular complexity index is 619. The highest BCUT2D eigenvalue weighted by Crippen LogP contribution is 2.12. The molecule has 104 valence electrons. The fourth-order valence-corrected chi connectivity index (χ4v) is 1.58. The number of rotatable bonds is 5. The van der Waals surface area contributed by atoms with Crippen molar-refractivity contribution >= 4 is 17.6 Å². The lowest BCUT2D eigenvalue weighted by atomic mass is 10.1. The summed E-state index contributed by atoms with van der Waals surface area (Å²) in [4.78, 5) is 26.0. The number of aromatic nitrogens is 2. The predicted octanol–water partition coefficient (Wildman–Crippen LogP) is 1.65. The van der Waals surface area contributed by atoms with Crippen LogP contribution in [0.15, 0.2) is 28.8 Å². The van der Waals surface area contributed by atoms with Crippen molar-refractivity contribution < 1.29 is 19.2 Å². The molecule has 20 heavy (non-hydrogen) atoms. The molecule has 0 bridgehead atoms. The van der Waals surface area contributed by atoms with E-state index >= 15 is 0 Å². The Morgan fingerprint density at radius 3 is 2.55 bits per heavy atom. The Morgan fingerprint density at radius 2 is 2.00 bits per heavy atom. The van der Waals surface area contributed by atoms with Gasteiger partial charge in [0.05, 0.1) is 0 Å². The van der Waals surface area contributed by atoms with E-state index in [1.54, 1.807) is 31.2 Å². The van der Waals surface area contributed by atoms with Crippen molar-refractivity contribution in [2.24, 2.45) is 0 Å². The van der Waals surface area contributed by atoms with E-state index < -0.39 is 11.9 Å². The second-order valence-electron chi connectivity index (χ2n) is 4.18. The van der Waals surface area contributed by atoms with Crippen LogP contribution >= 0.6 is 0 Å². The first-order chi connectivity index (χ1) is 9.54. The summed E-state index contributed by atoms with van der Waals surface area (Å²) in [6.45, 7) is 1.60. The molecule has 2 N–H and O–H groups in total. The van der Waals surface area contributed by atoms with Crippen LogP contribution in [0.4, 0.5) is 5.69 Å². The zero-order valence-electron chi connectivity index (χ0n) is 10.8. The van der Waals surface area contributed by atoms with Crippen molar-refractivity contribution in [2.45, 2.75) is 19.8 Å². The zero-order valence-corrected chi connectivity index (χ0v) is 10.8. The van der Waals surface area contributed by atoms with Crippen LogP contribution in [0.25, 0.3) is 0 Å². The van der Waals surface area contributed by atoms with Gasteiger partial charge in [0.2, 0.25) is 5.89 Å². The molecule has 1 heterocycles. The fourth-order valence-electron chi connectivity index (χ4n) is 1.58. The topological polar surface area (TPSA) is 105 Å². The smallest absolute Gasteiger partial charge is 0.303 e. The second kappa shape index (κ2) is 5.96. The van der Waals surface area contributed by atoms with E-state index in [1.165, 1.54) is 0 Å². The Kier molecular flexibility index (Phi) is 4.09. The summed E-state index contributed by atoms with van der Waals surface area (Å²) in [6, 6.07) is 6.92. The Labute approximate surface area is 114 Å². The highest BCUT2D eigenvalue weighted by atomic mass is 16.5. The number of carboxylic acid groups (broad SMARTS) is 1. The van der Waals surface area contributed by atoms with Crippen molar-refractivity contribution in [3.63, 3.8) is 0 Å². The summed E-state index contributed by atoms with van der Waals surface area (Å²) in [6.07, 6.45) is 0.529. The normalized spacial score (nSPS) is 10.2. The molecule has 0 fully saturated rings. The summed E-state index contributed by atoms with van der Waals surface area (Å²) in [5.74, 6) is -1.01. The predicted molar refractivity (Wildman–Crippen MR) is 69.4 cm³/mol. The van der Waals surface area contributed by atoms with E-state index in [-0.39, 0.29) is 12.2 Å². The van der Waals surface area contributed by atoms with Crippen molar-refractivity contribution in [3.8, 4) is 0 Å². The van der Waals surface area contributed by atoms with Gasteiger partial charge in [-0.2, -0.15) is 4.98 Å². The second-order valence-corrected chi connectivity index (χ2v) is 4.18. The lowest BCUT2D eigenvalue weighted by Gasteiger charge is -2.04. The van der Waals surface area contributed by atoms with Crippen LogP contribution in [-0.4, -0.2) is 27.1 Å². The van der Waals surface area contributed by atoms with E-state index in [4.69, 9.17) is 9.63 Å². The molecule has 0 aliphatic rings. The summed E-state index contributed by atoms with van der Waals surface area (Å²) in [5.41, 5.74) is 1.47.